The van der Waals surface area contributed by atoms with Crippen LogP contribution in [0.5, 0.6) is 0 Å². The van der Waals surface area contributed by atoms with Crippen molar-refractivity contribution in [3.63, 3.8) is 0 Å². The predicted molar refractivity (Wildman–Crippen MR) is 74.8 cm³/mol. The van der Waals surface area contributed by atoms with Crippen molar-refractivity contribution in [2.45, 2.75) is 12.3 Å². The van der Waals surface area contributed by atoms with Crippen LogP contribution < -0.4 is 0 Å². The molecule has 1 aromatic heterocycles. The van der Waals surface area contributed by atoms with Gasteiger partial charge in [-0.3, -0.25) is 9.78 Å². The fraction of sp³-hybridized carbons (Fsp3) is 0.143. The molecule has 0 amide bonds. The summed E-state index contributed by atoms with van der Waals surface area (Å²) < 4.78 is 0. The molecule has 3 nitrogen and oxygen atoms in total. The van der Waals surface area contributed by atoms with Crippen molar-refractivity contribution in [3.05, 3.63) is 63.9 Å². The maximum Gasteiger partial charge on any atom is 0.311 e. The van der Waals surface area contributed by atoms with Crippen LogP contribution in [-0.2, 0) is 11.2 Å². The number of benzene rings is 1. The van der Waals surface area contributed by atoms with E-state index in [1.807, 2.05) is 12.1 Å². The van der Waals surface area contributed by atoms with Gasteiger partial charge in [0.25, 0.3) is 0 Å². The van der Waals surface area contributed by atoms with Crippen molar-refractivity contribution in [2.75, 3.05) is 0 Å². The van der Waals surface area contributed by atoms with Crippen LogP contribution >= 0.6 is 23.2 Å². The molecule has 98 valence electrons. The highest BCUT2D eigenvalue weighted by atomic mass is 35.5. The normalized spacial score (nSPS) is 12.1. The second-order valence-electron chi connectivity index (χ2n) is 4.12. The van der Waals surface area contributed by atoms with Gasteiger partial charge in [0, 0.05) is 17.4 Å². The second kappa shape index (κ2) is 6.04. The average molecular weight is 296 g/mol. The molecule has 0 fully saturated rings. The molecule has 1 heterocycles. The summed E-state index contributed by atoms with van der Waals surface area (Å²) >= 11 is 11.8. The molecule has 1 unspecified atom stereocenters. The lowest BCUT2D eigenvalue weighted by Gasteiger charge is -2.14. The van der Waals surface area contributed by atoms with Crippen LogP contribution in [0.2, 0.25) is 10.0 Å². The number of nitrogens with zero attached hydrogens (tertiary/aromatic N) is 1. The lowest BCUT2D eigenvalue weighted by atomic mass is 9.93. The Hall–Kier alpha value is -1.58. The number of aromatic nitrogens is 1. The molecule has 0 aliphatic carbocycles. The fourth-order valence-corrected chi connectivity index (χ4v) is 2.23. The van der Waals surface area contributed by atoms with Crippen LogP contribution in [0.25, 0.3) is 0 Å². The Balaban J connectivity index is 2.29. The van der Waals surface area contributed by atoms with E-state index < -0.39 is 11.9 Å². The van der Waals surface area contributed by atoms with E-state index in [0.717, 1.165) is 5.56 Å². The largest absolute Gasteiger partial charge is 0.481 e. The summed E-state index contributed by atoms with van der Waals surface area (Å²) in [6.07, 6.45) is 3.35. The van der Waals surface area contributed by atoms with E-state index in [4.69, 9.17) is 23.2 Å². The number of rotatable bonds is 4. The smallest absolute Gasteiger partial charge is 0.311 e. The maximum atomic E-state index is 11.4. The highest BCUT2D eigenvalue weighted by Gasteiger charge is 2.22. The fourth-order valence-electron chi connectivity index (χ4n) is 1.86. The van der Waals surface area contributed by atoms with Gasteiger partial charge in [-0.25, -0.2) is 0 Å². The number of hydrogen-bond acceptors (Lipinski definition) is 2. The van der Waals surface area contributed by atoms with Gasteiger partial charge >= 0.3 is 5.97 Å². The number of halogens is 2. The van der Waals surface area contributed by atoms with E-state index in [-0.39, 0.29) is 0 Å². The molecule has 0 bridgehead atoms. The maximum absolute atomic E-state index is 11.4. The van der Waals surface area contributed by atoms with Gasteiger partial charge in [-0.2, -0.15) is 0 Å². The lowest BCUT2D eigenvalue weighted by Crippen LogP contribution is -2.15. The van der Waals surface area contributed by atoms with E-state index in [1.54, 1.807) is 24.4 Å². The summed E-state index contributed by atoms with van der Waals surface area (Å²) in [5, 5.41) is 10.3. The lowest BCUT2D eigenvalue weighted by molar-refractivity contribution is -0.138. The van der Waals surface area contributed by atoms with Crippen LogP contribution in [0, 0.1) is 0 Å². The highest BCUT2D eigenvalue weighted by molar-refractivity contribution is 6.31. The Morgan fingerprint density at radius 2 is 1.89 bits per heavy atom. The van der Waals surface area contributed by atoms with Gasteiger partial charge in [-0.05, 0) is 35.7 Å². The molecule has 1 atom stereocenters. The molecule has 5 heteroatoms. The molecule has 1 aromatic carbocycles. The molecule has 2 rings (SSSR count). The highest BCUT2D eigenvalue weighted by Crippen LogP contribution is 2.27. The Morgan fingerprint density at radius 3 is 2.47 bits per heavy atom. The van der Waals surface area contributed by atoms with E-state index >= 15 is 0 Å². The topological polar surface area (TPSA) is 50.2 Å². The Labute approximate surface area is 120 Å². The summed E-state index contributed by atoms with van der Waals surface area (Å²) in [4.78, 5) is 15.3. The van der Waals surface area contributed by atoms with Gasteiger partial charge in [0.1, 0.15) is 0 Å². The molecule has 0 spiro atoms. The number of carboxylic acid groups (broad SMARTS) is 1. The minimum Gasteiger partial charge on any atom is -0.481 e. The quantitative estimate of drug-likeness (QED) is 0.933. The third-order valence-corrected chi connectivity index (χ3v) is 3.40. The van der Waals surface area contributed by atoms with Crippen LogP contribution in [0.1, 0.15) is 17.0 Å². The summed E-state index contributed by atoms with van der Waals surface area (Å²) in [6.45, 7) is 0. The number of aliphatic carboxylic acids is 1. The third kappa shape index (κ3) is 3.46. The van der Waals surface area contributed by atoms with E-state index in [0.29, 0.717) is 22.0 Å². The summed E-state index contributed by atoms with van der Waals surface area (Å²) in [6, 6.07) is 8.74. The van der Waals surface area contributed by atoms with Crippen LogP contribution in [-0.4, -0.2) is 16.1 Å². The molecule has 0 saturated heterocycles. The van der Waals surface area contributed by atoms with Gasteiger partial charge in [-0.1, -0.05) is 35.3 Å². The van der Waals surface area contributed by atoms with Crippen LogP contribution in [0.4, 0.5) is 0 Å². The van der Waals surface area contributed by atoms with Gasteiger partial charge in [0.05, 0.1) is 10.9 Å². The van der Waals surface area contributed by atoms with Crippen LogP contribution in [0.15, 0.2) is 42.7 Å². The van der Waals surface area contributed by atoms with Gasteiger partial charge in [-0.15, -0.1) is 0 Å². The van der Waals surface area contributed by atoms with Crippen molar-refractivity contribution in [2.24, 2.45) is 0 Å². The molecular formula is C14H11Cl2NO2. The van der Waals surface area contributed by atoms with Gasteiger partial charge in [0.15, 0.2) is 0 Å². The van der Waals surface area contributed by atoms with E-state index in [9.17, 15) is 9.90 Å². The molecule has 0 saturated carbocycles. The first-order valence-electron chi connectivity index (χ1n) is 5.64. The Kier molecular flexibility index (Phi) is 4.40. The van der Waals surface area contributed by atoms with Crippen molar-refractivity contribution < 1.29 is 9.90 Å². The van der Waals surface area contributed by atoms with Gasteiger partial charge in [0.2, 0.25) is 0 Å². The zero-order valence-electron chi connectivity index (χ0n) is 9.88. The molecule has 0 radical (unpaired) electrons. The third-order valence-electron chi connectivity index (χ3n) is 2.83. The van der Waals surface area contributed by atoms with E-state index in [2.05, 4.69) is 4.98 Å². The first-order chi connectivity index (χ1) is 9.08. The second-order valence-corrected chi connectivity index (χ2v) is 4.96. The molecule has 0 aliphatic heterocycles. The average Bonchev–Trinajstić information content (AvgIpc) is 2.39. The number of carboxylic acids is 1. The van der Waals surface area contributed by atoms with Crippen molar-refractivity contribution in [3.8, 4) is 0 Å². The van der Waals surface area contributed by atoms with Crippen molar-refractivity contribution in [1.29, 1.82) is 0 Å². The summed E-state index contributed by atoms with van der Waals surface area (Å²) in [5.41, 5.74) is 1.46. The standard InChI is InChI=1S/C14H11Cl2NO2/c15-10-3-1-9(2-4-10)7-12(14(18)19)11-5-6-17-8-13(11)16/h1-6,8,12H,7H2,(H,18,19). The minimum atomic E-state index is -0.914. The zero-order valence-corrected chi connectivity index (χ0v) is 11.4. The van der Waals surface area contributed by atoms with E-state index in [1.165, 1.54) is 6.20 Å². The molecule has 1 N–H and O–H groups in total. The predicted octanol–water partition coefficient (Wildman–Crippen LogP) is 3.80. The molecule has 0 aliphatic rings. The number of carbonyl (C=O) groups is 1. The summed E-state index contributed by atoms with van der Waals surface area (Å²) in [7, 11) is 0. The summed E-state index contributed by atoms with van der Waals surface area (Å²) in [5.74, 6) is -1.61. The molecule has 2 aromatic rings. The number of hydrogen-bond donors (Lipinski definition) is 1. The minimum absolute atomic E-state index is 0.357. The Morgan fingerprint density at radius 1 is 1.21 bits per heavy atom. The number of pyridine rings is 1. The van der Waals surface area contributed by atoms with Crippen molar-refractivity contribution >= 4 is 29.2 Å². The monoisotopic (exact) mass is 295 g/mol. The first kappa shape index (κ1) is 13.8. The van der Waals surface area contributed by atoms with Gasteiger partial charge < -0.3 is 5.11 Å². The van der Waals surface area contributed by atoms with Crippen LogP contribution in [0.3, 0.4) is 0 Å². The van der Waals surface area contributed by atoms with Crippen molar-refractivity contribution in [1.82, 2.24) is 4.98 Å². The SMILES string of the molecule is O=C(O)C(Cc1ccc(Cl)cc1)c1ccncc1Cl. The molecular weight excluding hydrogens is 285 g/mol. The molecule has 19 heavy (non-hydrogen) atoms. The Bertz CT molecular complexity index is 584. The first-order valence-corrected chi connectivity index (χ1v) is 6.40. The zero-order chi connectivity index (χ0) is 13.8.